The summed E-state index contributed by atoms with van der Waals surface area (Å²) in [5, 5.41) is 0. The molecule has 1 saturated carbocycles. The van der Waals surface area contributed by atoms with E-state index in [1.807, 2.05) is 61.5 Å². The molecule has 8 heteroatoms. The van der Waals surface area contributed by atoms with Gasteiger partial charge >= 0.3 is 0 Å². The van der Waals surface area contributed by atoms with E-state index in [9.17, 15) is 17.6 Å². The molecule has 4 aromatic rings. The van der Waals surface area contributed by atoms with Crippen molar-refractivity contribution in [1.29, 1.82) is 0 Å². The van der Waals surface area contributed by atoms with Crippen LogP contribution >= 0.6 is 0 Å². The van der Waals surface area contributed by atoms with Crippen LogP contribution in [0.15, 0.2) is 95.9 Å². The highest BCUT2D eigenvalue weighted by molar-refractivity contribution is 7.89. The predicted molar refractivity (Wildman–Crippen MR) is 156 cm³/mol. The zero-order valence-electron chi connectivity index (χ0n) is 22.8. The summed E-state index contributed by atoms with van der Waals surface area (Å²) in [5.74, 6) is -0.714. The molecule has 0 bridgehead atoms. The Kier molecular flexibility index (Phi) is 7.45. The quantitative estimate of drug-likeness (QED) is 0.273. The van der Waals surface area contributed by atoms with Gasteiger partial charge in [0, 0.05) is 23.3 Å². The molecule has 0 spiro atoms. The predicted octanol–water partition coefficient (Wildman–Crippen LogP) is 6.22. The molecule has 6 nitrogen and oxygen atoms in total. The highest BCUT2D eigenvalue weighted by Crippen LogP contribution is 2.49. The highest BCUT2D eigenvalue weighted by Gasteiger charge is 2.46. The summed E-state index contributed by atoms with van der Waals surface area (Å²) in [6.45, 7) is 2.23. The van der Waals surface area contributed by atoms with Crippen molar-refractivity contribution in [3.05, 3.63) is 125 Å². The number of amides is 1. The van der Waals surface area contributed by atoms with Gasteiger partial charge in [-0.25, -0.2) is 17.5 Å². The largest absolute Gasteiger partial charge is 0.306 e. The van der Waals surface area contributed by atoms with E-state index in [1.54, 1.807) is 4.90 Å². The van der Waals surface area contributed by atoms with Gasteiger partial charge in [0.2, 0.25) is 15.9 Å². The minimum absolute atomic E-state index is 0.0291. The van der Waals surface area contributed by atoms with Gasteiger partial charge in [-0.1, -0.05) is 54.6 Å². The first kappa shape index (κ1) is 27.3. The Morgan fingerprint density at radius 2 is 1.78 bits per heavy atom. The van der Waals surface area contributed by atoms with Crippen LogP contribution in [0.5, 0.6) is 0 Å². The van der Waals surface area contributed by atoms with E-state index >= 15 is 0 Å². The van der Waals surface area contributed by atoms with Gasteiger partial charge < -0.3 is 4.90 Å². The summed E-state index contributed by atoms with van der Waals surface area (Å²) in [6.07, 6.45) is 2.97. The minimum Gasteiger partial charge on any atom is -0.306 e. The second-order valence-electron chi connectivity index (χ2n) is 10.9. The first-order valence-electron chi connectivity index (χ1n) is 14.0. The number of nitrogens with zero attached hydrogens (tertiary/aromatic N) is 2. The summed E-state index contributed by atoms with van der Waals surface area (Å²) >= 11 is 0. The number of carbonyl (C=O) groups is 1. The second kappa shape index (κ2) is 11.2. The molecule has 1 N–H and O–H groups in total. The number of aryl methyl sites for hydroxylation is 2. The van der Waals surface area contributed by atoms with Crippen molar-refractivity contribution in [3.63, 3.8) is 0 Å². The fraction of sp³-hybridized carbons (Fsp3) is 0.273. The molecule has 3 atom stereocenters. The molecule has 2 aliphatic rings. The van der Waals surface area contributed by atoms with Gasteiger partial charge in [0.25, 0.3) is 0 Å². The van der Waals surface area contributed by atoms with Crippen LogP contribution in [0.2, 0.25) is 0 Å². The number of anilines is 1. The van der Waals surface area contributed by atoms with Crippen LogP contribution in [0.4, 0.5) is 10.1 Å². The smallest absolute Gasteiger partial charge is 0.244 e. The molecular weight excluding hydrogens is 537 g/mol. The van der Waals surface area contributed by atoms with Gasteiger partial charge in [-0.3, -0.25) is 9.78 Å². The van der Waals surface area contributed by atoms with Crippen molar-refractivity contribution in [2.45, 2.75) is 56.0 Å². The van der Waals surface area contributed by atoms with Gasteiger partial charge in [-0.15, -0.1) is 0 Å². The Morgan fingerprint density at radius 1 is 1.00 bits per heavy atom. The van der Waals surface area contributed by atoms with E-state index in [1.165, 1.54) is 18.2 Å². The fourth-order valence-corrected chi connectivity index (χ4v) is 7.20. The zero-order valence-corrected chi connectivity index (χ0v) is 23.6. The molecule has 3 aromatic carbocycles. The van der Waals surface area contributed by atoms with Gasteiger partial charge in [0.15, 0.2) is 0 Å². The first-order chi connectivity index (χ1) is 19.8. The van der Waals surface area contributed by atoms with Gasteiger partial charge in [0.05, 0.1) is 12.2 Å². The number of pyridine rings is 1. The van der Waals surface area contributed by atoms with E-state index < -0.39 is 21.9 Å². The van der Waals surface area contributed by atoms with Crippen molar-refractivity contribution < 1.29 is 17.6 Å². The van der Waals surface area contributed by atoms with Crippen LogP contribution in [-0.4, -0.2) is 19.3 Å². The Bertz CT molecular complexity index is 1690. The molecule has 1 unspecified atom stereocenters. The maximum Gasteiger partial charge on any atom is 0.244 e. The van der Waals surface area contributed by atoms with Gasteiger partial charge in [-0.05, 0) is 91.6 Å². The van der Waals surface area contributed by atoms with E-state index in [0.717, 1.165) is 53.4 Å². The number of rotatable bonds is 8. The molecule has 1 fully saturated rings. The summed E-state index contributed by atoms with van der Waals surface area (Å²) in [4.78, 5) is 20.1. The monoisotopic (exact) mass is 569 g/mol. The van der Waals surface area contributed by atoms with Crippen molar-refractivity contribution in [1.82, 2.24) is 9.71 Å². The maximum atomic E-state index is 14.4. The van der Waals surface area contributed by atoms with E-state index in [0.29, 0.717) is 18.7 Å². The first-order valence-corrected chi connectivity index (χ1v) is 15.5. The van der Waals surface area contributed by atoms with Crippen LogP contribution in [-0.2, 0) is 27.8 Å². The number of halogens is 1. The lowest BCUT2D eigenvalue weighted by Crippen LogP contribution is -2.34. The van der Waals surface area contributed by atoms with Crippen molar-refractivity contribution in [2.24, 2.45) is 5.92 Å². The van der Waals surface area contributed by atoms with Crippen LogP contribution in [0.25, 0.3) is 0 Å². The second-order valence-corrected chi connectivity index (χ2v) is 12.6. The molecule has 0 aliphatic heterocycles. The lowest BCUT2D eigenvalue weighted by Gasteiger charge is -2.29. The Balaban J connectivity index is 1.33. The molecule has 1 heterocycles. The number of sulfonamides is 1. The lowest BCUT2D eigenvalue weighted by atomic mass is 9.87. The third-order valence-electron chi connectivity index (χ3n) is 8.05. The third kappa shape index (κ3) is 5.80. The number of fused-ring (bicyclic) bond motifs is 1. The summed E-state index contributed by atoms with van der Waals surface area (Å²) in [7, 11) is -4.09. The molecule has 0 radical (unpaired) electrons. The summed E-state index contributed by atoms with van der Waals surface area (Å²) < 4.78 is 43.5. The number of aromatic nitrogens is 1. The number of hydrogen-bond donors (Lipinski definition) is 1. The Hall–Kier alpha value is -3.88. The topological polar surface area (TPSA) is 79.4 Å². The summed E-state index contributed by atoms with van der Waals surface area (Å²) in [5.41, 5.74) is 5.36. The number of carbonyl (C=O) groups excluding carboxylic acids is 1. The molecule has 210 valence electrons. The average Bonchev–Trinajstić information content (AvgIpc) is 3.77. The molecule has 1 amide bonds. The van der Waals surface area contributed by atoms with E-state index in [4.69, 9.17) is 0 Å². The Morgan fingerprint density at radius 3 is 2.56 bits per heavy atom. The van der Waals surface area contributed by atoms with Crippen molar-refractivity contribution in [3.8, 4) is 0 Å². The molecule has 2 aliphatic carbocycles. The molecule has 6 rings (SSSR count). The SMILES string of the molecule is Cc1cccc(CN(C(=O)C2C[C@@H]2c2ccccc2)c2ccc3c(c2)[C@H](NS(=O)(=O)c2ccccc2F)CCC3)n1. The molecule has 0 saturated heterocycles. The van der Waals surface area contributed by atoms with Crippen LogP contribution in [0.1, 0.15) is 59.3 Å². The zero-order chi connectivity index (χ0) is 28.6. The average molecular weight is 570 g/mol. The standard InChI is InChI=1S/C33H32FN3O3S/c1-22-9-7-13-25(35-22)21-37(33(38)29-20-27(29)23-10-3-2-4-11-23)26-18-17-24-12-8-15-31(28(24)19-26)36-41(39,40)32-16-6-5-14-30(32)34/h2-7,9-11,13-14,16-19,27,29,31,36H,8,12,15,20-21H2,1H3/t27-,29?,31-/m1/s1. The van der Waals surface area contributed by atoms with E-state index in [-0.39, 0.29) is 22.6 Å². The third-order valence-corrected chi connectivity index (χ3v) is 9.55. The van der Waals surface area contributed by atoms with Crippen LogP contribution < -0.4 is 9.62 Å². The number of benzene rings is 3. The van der Waals surface area contributed by atoms with E-state index in [2.05, 4.69) is 21.8 Å². The normalized spacial score (nSPS) is 19.8. The Labute approximate surface area is 240 Å². The number of nitrogens with one attached hydrogen (secondary N) is 1. The highest BCUT2D eigenvalue weighted by atomic mass is 32.2. The minimum atomic E-state index is -4.09. The van der Waals surface area contributed by atoms with Crippen LogP contribution in [0, 0.1) is 18.7 Å². The molecular formula is C33H32FN3O3S. The molecule has 41 heavy (non-hydrogen) atoms. The van der Waals surface area contributed by atoms with Crippen LogP contribution in [0.3, 0.4) is 0 Å². The molecule has 1 aromatic heterocycles. The fourth-order valence-electron chi connectivity index (χ4n) is 5.87. The van der Waals surface area contributed by atoms with Gasteiger partial charge in [0.1, 0.15) is 10.7 Å². The summed E-state index contributed by atoms with van der Waals surface area (Å²) in [6, 6.07) is 26.6. The van der Waals surface area contributed by atoms with Crippen molar-refractivity contribution in [2.75, 3.05) is 4.90 Å². The maximum absolute atomic E-state index is 14.4. The van der Waals surface area contributed by atoms with Gasteiger partial charge in [-0.2, -0.15) is 0 Å². The van der Waals surface area contributed by atoms with Crippen molar-refractivity contribution >= 4 is 21.6 Å². The lowest BCUT2D eigenvalue weighted by molar-refractivity contribution is -0.120. The number of hydrogen-bond acceptors (Lipinski definition) is 4.